The van der Waals surface area contributed by atoms with E-state index in [0.717, 1.165) is 38.2 Å². The molecule has 1 heterocycles. The van der Waals surface area contributed by atoms with Crippen molar-refractivity contribution >= 4 is 23.4 Å². The fourth-order valence-electron chi connectivity index (χ4n) is 3.14. The quantitative estimate of drug-likeness (QED) is 0.752. The Kier molecular flexibility index (Phi) is 3.67. The summed E-state index contributed by atoms with van der Waals surface area (Å²) in [6.07, 6.45) is 0.169. The Labute approximate surface area is 125 Å². The standard InChI is InChI=1S/C15H16F3NOS/c16-15(17,18)10-5-4-6-11-12(10)21-9-14(13(20)19-11)7-2-1-3-8-14/h4-6H,1-3,7-9H2,(H,19,20). The van der Waals surface area contributed by atoms with Crippen LogP contribution in [0, 0.1) is 5.41 Å². The highest BCUT2D eigenvalue weighted by Gasteiger charge is 2.43. The average Bonchev–Trinajstić information content (AvgIpc) is 2.57. The van der Waals surface area contributed by atoms with Crippen molar-refractivity contribution in [3.63, 3.8) is 0 Å². The maximum Gasteiger partial charge on any atom is 0.417 e. The van der Waals surface area contributed by atoms with Gasteiger partial charge in [0.2, 0.25) is 5.91 Å². The molecule has 1 aliphatic carbocycles. The van der Waals surface area contributed by atoms with Crippen LogP contribution in [0.15, 0.2) is 23.1 Å². The van der Waals surface area contributed by atoms with E-state index in [1.54, 1.807) is 6.07 Å². The van der Waals surface area contributed by atoms with Gasteiger partial charge in [-0.15, -0.1) is 11.8 Å². The Bertz CT molecular complexity index is 565. The molecule has 114 valence electrons. The van der Waals surface area contributed by atoms with Crippen molar-refractivity contribution in [2.24, 2.45) is 5.41 Å². The highest BCUT2D eigenvalue weighted by molar-refractivity contribution is 7.99. The topological polar surface area (TPSA) is 29.1 Å². The van der Waals surface area contributed by atoms with Crippen molar-refractivity contribution in [3.05, 3.63) is 23.8 Å². The first kappa shape index (κ1) is 14.8. The van der Waals surface area contributed by atoms with Crippen molar-refractivity contribution in [3.8, 4) is 0 Å². The lowest BCUT2D eigenvalue weighted by Crippen LogP contribution is -2.39. The molecule has 0 aromatic heterocycles. The summed E-state index contributed by atoms with van der Waals surface area (Å²) in [4.78, 5) is 12.7. The summed E-state index contributed by atoms with van der Waals surface area (Å²) in [7, 11) is 0. The number of halogens is 3. The molecule has 1 N–H and O–H groups in total. The zero-order chi connectivity index (χ0) is 15.1. The monoisotopic (exact) mass is 315 g/mol. The Hall–Kier alpha value is -1.17. The molecule has 1 aromatic rings. The SMILES string of the molecule is O=C1Nc2cccc(C(F)(F)F)c2SCC12CCCCC2. The molecular formula is C15H16F3NOS. The number of amides is 1. The van der Waals surface area contributed by atoms with Gasteiger partial charge in [-0.1, -0.05) is 25.3 Å². The van der Waals surface area contributed by atoms with E-state index in [9.17, 15) is 18.0 Å². The minimum absolute atomic E-state index is 0.118. The third kappa shape index (κ3) is 2.65. The van der Waals surface area contributed by atoms with Crippen LogP contribution in [0.4, 0.5) is 18.9 Å². The maximum atomic E-state index is 13.1. The van der Waals surface area contributed by atoms with Crippen LogP contribution in [0.25, 0.3) is 0 Å². The minimum Gasteiger partial charge on any atom is -0.325 e. The number of carbonyl (C=O) groups is 1. The first-order chi connectivity index (χ1) is 9.92. The predicted octanol–water partition coefficient (Wildman–Crippen LogP) is 4.70. The average molecular weight is 315 g/mol. The second kappa shape index (κ2) is 5.23. The summed E-state index contributed by atoms with van der Waals surface area (Å²) < 4.78 is 39.3. The smallest absolute Gasteiger partial charge is 0.325 e. The van der Waals surface area contributed by atoms with Crippen LogP contribution < -0.4 is 5.32 Å². The molecular weight excluding hydrogens is 299 g/mol. The number of benzene rings is 1. The fraction of sp³-hybridized carbons (Fsp3) is 0.533. The summed E-state index contributed by atoms with van der Waals surface area (Å²) in [6.45, 7) is 0. The van der Waals surface area contributed by atoms with Crippen molar-refractivity contribution in [1.82, 2.24) is 0 Å². The molecule has 1 aromatic carbocycles. The molecule has 2 aliphatic rings. The summed E-state index contributed by atoms with van der Waals surface area (Å²) in [6, 6.07) is 3.98. The van der Waals surface area contributed by atoms with Crippen molar-refractivity contribution < 1.29 is 18.0 Å². The zero-order valence-electron chi connectivity index (χ0n) is 11.4. The van der Waals surface area contributed by atoms with Gasteiger partial charge < -0.3 is 5.32 Å². The van der Waals surface area contributed by atoms with Gasteiger partial charge in [0.15, 0.2) is 0 Å². The van der Waals surface area contributed by atoms with Gasteiger partial charge in [0, 0.05) is 10.6 Å². The Balaban J connectivity index is 1.99. The third-order valence-electron chi connectivity index (χ3n) is 4.35. The molecule has 6 heteroatoms. The summed E-state index contributed by atoms with van der Waals surface area (Å²) in [5.41, 5.74) is -0.870. The Morgan fingerprint density at radius 1 is 1.14 bits per heavy atom. The molecule has 1 saturated carbocycles. The zero-order valence-corrected chi connectivity index (χ0v) is 12.2. The van der Waals surface area contributed by atoms with Gasteiger partial charge in [-0.3, -0.25) is 4.79 Å². The van der Waals surface area contributed by atoms with Crippen molar-refractivity contribution in [2.75, 3.05) is 11.1 Å². The number of carbonyl (C=O) groups excluding carboxylic acids is 1. The van der Waals surface area contributed by atoms with Crippen LogP contribution in [0.5, 0.6) is 0 Å². The first-order valence-corrected chi connectivity index (χ1v) is 8.05. The molecule has 1 fully saturated rings. The molecule has 0 bridgehead atoms. The molecule has 0 saturated heterocycles. The van der Waals surface area contributed by atoms with E-state index in [1.165, 1.54) is 17.8 Å². The summed E-state index contributed by atoms with van der Waals surface area (Å²) in [5, 5.41) is 2.74. The maximum absolute atomic E-state index is 13.1. The minimum atomic E-state index is -4.40. The molecule has 1 spiro atoms. The highest BCUT2D eigenvalue weighted by Crippen LogP contribution is 2.48. The molecule has 21 heavy (non-hydrogen) atoms. The predicted molar refractivity (Wildman–Crippen MR) is 76.3 cm³/mol. The Morgan fingerprint density at radius 3 is 2.52 bits per heavy atom. The number of anilines is 1. The van der Waals surface area contributed by atoms with Crippen LogP contribution in [0.3, 0.4) is 0 Å². The van der Waals surface area contributed by atoms with Gasteiger partial charge in [0.25, 0.3) is 0 Å². The van der Waals surface area contributed by atoms with E-state index in [4.69, 9.17) is 0 Å². The van der Waals surface area contributed by atoms with E-state index < -0.39 is 17.2 Å². The van der Waals surface area contributed by atoms with Crippen molar-refractivity contribution in [2.45, 2.75) is 43.2 Å². The van der Waals surface area contributed by atoms with Gasteiger partial charge in [-0.2, -0.15) is 13.2 Å². The van der Waals surface area contributed by atoms with E-state index in [0.29, 0.717) is 11.4 Å². The lowest BCUT2D eigenvalue weighted by molar-refractivity contribution is -0.139. The van der Waals surface area contributed by atoms with E-state index in [-0.39, 0.29) is 10.8 Å². The highest BCUT2D eigenvalue weighted by atomic mass is 32.2. The fourth-order valence-corrected chi connectivity index (χ4v) is 4.60. The normalized spacial score (nSPS) is 21.6. The molecule has 0 atom stereocenters. The largest absolute Gasteiger partial charge is 0.417 e. The summed E-state index contributed by atoms with van der Waals surface area (Å²) >= 11 is 1.17. The van der Waals surface area contributed by atoms with E-state index in [2.05, 4.69) is 5.32 Å². The lowest BCUT2D eigenvalue weighted by Gasteiger charge is -2.33. The van der Waals surface area contributed by atoms with Gasteiger partial charge in [0.1, 0.15) is 0 Å². The number of hydrogen-bond donors (Lipinski definition) is 1. The molecule has 0 unspecified atom stereocenters. The molecule has 0 radical (unpaired) electrons. The van der Waals surface area contributed by atoms with E-state index >= 15 is 0 Å². The van der Waals surface area contributed by atoms with Crippen LogP contribution in [-0.2, 0) is 11.0 Å². The second-order valence-electron chi connectivity index (χ2n) is 5.76. The molecule has 2 nitrogen and oxygen atoms in total. The first-order valence-electron chi connectivity index (χ1n) is 7.07. The van der Waals surface area contributed by atoms with Crippen LogP contribution >= 0.6 is 11.8 Å². The molecule has 1 amide bonds. The Morgan fingerprint density at radius 2 is 1.86 bits per heavy atom. The lowest BCUT2D eigenvalue weighted by atomic mass is 9.75. The summed E-state index contributed by atoms with van der Waals surface area (Å²) in [5.74, 6) is 0.312. The van der Waals surface area contributed by atoms with Crippen molar-refractivity contribution in [1.29, 1.82) is 0 Å². The van der Waals surface area contributed by atoms with Crippen LogP contribution in [-0.4, -0.2) is 11.7 Å². The van der Waals surface area contributed by atoms with Gasteiger partial charge in [-0.25, -0.2) is 0 Å². The number of fused-ring (bicyclic) bond motifs is 1. The number of hydrogen-bond acceptors (Lipinski definition) is 2. The number of alkyl halides is 3. The third-order valence-corrected chi connectivity index (χ3v) is 5.78. The number of nitrogens with one attached hydrogen (secondary N) is 1. The molecule has 1 aliphatic heterocycles. The van der Waals surface area contributed by atoms with Gasteiger partial charge in [-0.05, 0) is 25.0 Å². The van der Waals surface area contributed by atoms with Crippen LogP contribution in [0.2, 0.25) is 0 Å². The van der Waals surface area contributed by atoms with E-state index in [1.807, 2.05) is 0 Å². The van der Waals surface area contributed by atoms with Crippen LogP contribution in [0.1, 0.15) is 37.7 Å². The number of thioether (sulfide) groups is 1. The number of rotatable bonds is 0. The second-order valence-corrected chi connectivity index (χ2v) is 6.75. The van der Waals surface area contributed by atoms with Gasteiger partial charge >= 0.3 is 6.18 Å². The molecule has 3 rings (SSSR count). The van der Waals surface area contributed by atoms with Gasteiger partial charge in [0.05, 0.1) is 16.7 Å².